The maximum atomic E-state index is 12.3. The van der Waals surface area contributed by atoms with Crippen LogP contribution in [0.4, 0.5) is 0 Å². The van der Waals surface area contributed by atoms with E-state index in [0.717, 1.165) is 0 Å². The third-order valence-electron chi connectivity index (χ3n) is 2.53. The summed E-state index contributed by atoms with van der Waals surface area (Å²) in [5, 5.41) is 8.72. The number of carbonyl (C=O) groups is 2. The van der Waals surface area contributed by atoms with Crippen LogP contribution in [0.25, 0.3) is 0 Å². The molecule has 0 saturated carbocycles. The van der Waals surface area contributed by atoms with Crippen LogP contribution in [0.2, 0.25) is 0 Å². The van der Waals surface area contributed by atoms with Crippen molar-refractivity contribution in [3.63, 3.8) is 0 Å². The summed E-state index contributed by atoms with van der Waals surface area (Å²) in [6.07, 6.45) is 3.29. The third kappa shape index (κ3) is 5.24. The molecule has 0 aliphatic carbocycles. The molecule has 0 fully saturated rings. The van der Waals surface area contributed by atoms with Crippen molar-refractivity contribution >= 4 is 11.9 Å². The van der Waals surface area contributed by atoms with E-state index >= 15 is 0 Å². The van der Waals surface area contributed by atoms with Crippen molar-refractivity contribution in [3.8, 4) is 11.8 Å². The van der Waals surface area contributed by atoms with Crippen LogP contribution >= 0.6 is 0 Å². The van der Waals surface area contributed by atoms with Gasteiger partial charge in [-0.25, -0.2) is 0 Å². The lowest BCUT2D eigenvalue weighted by Gasteiger charge is -2.16. The Balaban J connectivity index is 2.87. The van der Waals surface area contributed by atoms with Crippen molar-refractivity contribution in [3.05, 3.63) is 29.6 Å². The van der Waals surface area contributed by atoms with Gasteiger partial charge in [-0.2, -0.15) is 0 Å². The molecule has 1 heterocycles. The van der Waals surface area contributed by atoms with E-state index in [-0.39, 0.29) is 25.7 Å². The maximum Gasteiger partial charge on any atom is 0.325 e. The van der Waals surface area contributed by atoms with Gasteiger partial charge in [0.05, 0.1) is 24.3 Å². The summed E-state index contributed by atoms with van der Waals surface area (Å²) >= 11 is 0. The predicted molar refractivity (Wildman–Crippen MR) is 76.4 cm³/mol. The Morgan fingerprint density at radius 1 is 1.48 bits per heavy atom. The van der Waals surface area contributed by atoms with E-state index in [1.54, 1.807) is 13.0 Å². The van der Waals surface area contributed by atoms with Crippen molar-refractivity contribution in [1.82, 2.24) is 9.88 Å². The number of hydrogen-bond acceptors (Lipinski definition) is 5. The smallest absolute Gasteiger partial charge is 0.325 e. The van der Waals surface area contributed by atoms with E-state index in [1.165, 1.54) is 24.3 Å². The molecular weight excluding hydrogens is 272 g/mol. The number of ether oxygens (including phenoxy) is 1. The summed E-state index contributed by atoms with van der Waals surface area (Å²) in [7, 11) is 1.52. The maximum absolute atomic E-state index is 12.3. The van der Waals surface area contributed by atoms with E-state index in [1.807, 2.05) is 0 Å². The zero-order valence-corrected chi connectivity index (χ0v) is 12.1. The van der Waals surface area contributed by atoms with Gasteiger partial charge in [-0.1, -0.05) is 11.8 Å². The van der Waals surface area contributed by atoms with Crippen LogP contribution in [0, 0.1) is 11.8 Å². The third-order valence-corrected chi connectivity index (χ3v) is 2.53. The van der Waals surface area contributed by atoms with Crippen LogP contribution in [0.1, 0.15) is 29.3 Å². The first-order valence-corrected chi connectivity index (χ1v) is 6.55. The van der Waals surface area contributed by atoms with Crippen molar-refractivity contribution < 1.29 is 19.4 Å². The number of hydrogen-bond donors (Lipinski definition) is 1. The Morgan fingerprint density at radius 3 is 2.90 bits per heavy atom. The minimum Gasteiger partial charge on any atom is -0.465 e. The van der Waals surface area contributed by atoms with Crippen molar-refractivity contribution in [2.75, 3.05) is 26.8 Å². The van der Waals surface area contributed by atoms with Crippen LogP contribution in [0.3, 0.4) is 0 Å². The lowest BCUT2D eigenvalue weighted by atomic mass is 10.1. The van der Waals surface area contributed by atoms with Gasteiger partial charge in [0.25, 0.3) is 5.91 Å². The molecule has 0 saturated heterocycles. The molecule has 0 radical (unpaired) electrons. The number of rotatable bonds is 5. The first-order valence-electron chi connectivity index (χ1n) is 6.55. The van der Waals surface area contributed by atoms with Crippen LogP contribution in [-0.2, 0) is 9.53 Å². The Morgan fingerprint density at radius 2 is 2.24 bits per heavy atom. The fourth-order valence-electron chi connectivity index (χ4n) is 1.57. The summed E-state index contributed by atoms with van der Waals surface area (Å²) in [5.41, 5.74) is 0.828. The fourth-order valence-corrected chi connectivity index (χ4v) is 1.57. The topological polar surface area (TPSA) is 79.7 Å². The van der Waals surface area contributed by atoms with Gasteiger partial charge in [-0.15, -0.1) is 0 Å². The van der Waals surface area contributed by atoms with Crippen molar-refractivity contribution in [1.29, 1.82) is 0 Å². The number of esters is 1. The van der Waals surface area contributed by atoms with E-state index < -0.39 is 5.97 Å². The molecule has 1 amide bonds. The Labute approximate surface area is 123 Å². The van der Waals surface area contributed by atoms with E-state index in [9.17, 15) is 9.59 Å². The lowest BCUT2D eigenvalue weighted by molar-refractivity contribution is -0.143. The van der Waals surface area contributed by atoms with Crippen molar-refractivity contribution in [2.45, 2.75) is 13.3 Å². The summed E-state index contributed by atoms with van der Waals surface area (Å²) in [5.74, 6) is 4.74. The first kappa shape index (κ1) is 16.7. The number of likely N-dealkylation sites (N-methyl/N-ethyl adjacent to an activating group) is 1. The molecule has 1 aromatic heterocycles. The molecule has 21 heavy (non-hydrogen) atoms. The number of aliphatic hydroxyl groups excluding tert-OH is 1. The van der Waals surface area contributed by atoms with Crippen LogP contribution in [0.15, 0.2) is 18.5 Å². The number of nitrogens with zero attached hydrogens (tertiary/aromatic N) is 2. The summed E-state index contributed by atoms with van der Waals surface area (Å²) in [4.78, 5) is 28.9. The summed E-state index contributed by atoms with van der Waals surface area (Å²) < 4.78 is 4.81. The molecule has 0 atom stereocenters. The van der Waals surface area contributed by atoms with Crippen LogP contribution in [0.5, 0.6) is 0 Å². The molecular formula is C15H18N2O4. The highest BCUT2D eigenvalue weighted by Crippen LogP contribution is 2.09. The van der Waals surface area contributed by atoms with Gasteiger partial charge in [0.1, 0.15) is 6.54 Å². The number of aliphatic hydroxyl groups is 1. The summed E-state index contributed by atoms with van der Waals surface area (Å²) in [6.45, 7) is 1.81. The SMILES string of the molecule is CCOC(=O)CN(C)C(=O)c1ccncc1C#CCCO. The molecule has 1 aromatic rings. The average Bonchev–Trinajstić information content (AvgIpc) is 2.47. The predicted octanol–water partition coefficient (Wildman–Crippen LogP) is 0.451. The monoisotopic (exact) mass is 290 g/mol. The zero-order chi connectivity index (χ0) is 15.7. The molecule has 0 aliphatic heterocycles. The molecule has 0 bridgehead atoms. The average molecular weight is 290 g/mol. The zero-order valence-electron chi connectivity index (χ0n) is 12.1. The minimum atomic E-state index is -0.463. The Hall–Kier alpha value is -2.39. The fraction of sp³-hybridized carbons (Fsp3) is 0.400. The van der Waals surface area contributed by atoms with E-state index in [2.05, 4.69) is 16.8 Å². The minimum absolute atomic E-state index is 0.0424. The highest BCUT2D eigenvalue weighted by Gasteiger charge is 2.17. The van der Waals surface area contributed by atoms with Gasteiger partial charge in [0.2, 0.25) is 0 Å². The number of pyridine rings is 1. The molecule has 1 N–H and O–H groups in total. The van der Waals surface area contributed by atoms with Gasteiger partial charge in [0.15, 0.2) is 0 Å². The second-order valence-electron chi connectivity index (χ2n) is 4.16. The van der Waals surface area contributed by atoms with Gasteiger partial charge < -0.3 is 14.7 Å². The molecule has 0 spiro atoms. The highest BCUT2D eigenvalue weighted by atomic mass is 16.5. The molecule has 0 aliphatic rings. The quantitative estimate of drug-likeness (QED) is 0.629. The summed E-state index contributed by atoms with van der Waals surface area (Å²) in [6, 6.07) is 1.55. The first-order chi connectivity index (χ1) is 10.1. The second-order valence-corrected chi connectivity index (χ2v) is 4.16. The Kier molecular flexibility index (Phi) is 6.92. The van der Waals surface area contributed by atoms with Crippen LogP contribution < -0.4 is 0 Å². The number of carbonyl (C=O) groups excluding carboxylic acids is 2. The standard InChI is InChI=1S/C15H18N2O4/c1-3-21-14(19)11-17(2)15(20)13-7-8-16-10-12(13)6-4-5-9-18/h7-8,10,18H,3,5,9,11H2,1-2H3. The van der Waals surface area contributed by atoms with Gasteiger partial charge in [-0.3, -0.25) is 14.6 Å². The normalized spacial score (nSPS) is 9.48. The second kappa shape index (κ2) is 8.72. The highest BCUT2D eigenvalue weighted by molar-refractivity contribution is 5.97. The molecule has 112 valence electrons. The van der Waals surface area contributed by atoms with E-state index in [4.69, 9.17) is 9.84 Å². The van der Waals surface area contributed by atoms with Crippen LogP contribution in [-0.4, -0.2) is 53.7 Å². The van der Waals surface area contributed by atoms with E-state index in [0.29, 0.717) is 17.5 Å². The lowest BCUT2D eigenvalue weighted by Crippen LogP contribution is -2.33. The van der Waals surface area contributed by atoms with Gasteiger partial charge in [0, 0.05) is 25.9 Å². The molecule has 0 aromatic carbocycles. The molecule has 1 rings (SSSR count). The Bertz CT molecular complexity index is 560. The largest absolute Gasteiger partial charge is 0.465 e. The molecule has 6 heteroatoms. The van der Waals surface area contributed by atoms with Crippen molar-refractivity contribution in [2.24, 2.45) is 0 Å². The molecule has 0 unspecified atom stereocenters. The van der Waals surface area contributed by atoms with Gasteiger partial charge in [-0.05, 0) is 13.0 Å². The van der Waals surface area contributed by atoms with Gasteiger partial charge >= 0.3 is 5.97 Å². The number of aromatic nitrogens is 1. The molecule has 6 nitrogen and oxygen atoms in total. The number of amides is 1.